The molecule has 0 spiro atoms. The first-order valence-electron chi connectivity index (χ1n) is 6.23. The molecule has 3 nitrogen and oxygen atoms in total. The minimum Gasteiger partial charge on any atom is -0.335 e. The molecule has 1 N–H and O–H groups in total. The highest BCUT2D eigenvalue weighted by Crippen LogP contribution is 2.32. The van der Waals surface area contributed by atoms with Gasteiger partial charge in [-0.1, -0.05) is 29.8 Å². The highest BCUT2D eigenvalue weighted by atomic mass is 16.2. The number of carbonyl (C=O) groups is 1. The van der Waals surface area contributed by atoms with E-state index in [1.54, 1.807) is 0 Å². The molecule has 0 aromatic heterocycles. The summed E-state index contributed by atoms with van der Waals surface area (Å²) in [4.78, 5) is 14.0. The molecule has 1 aromatic rings. The summed E-state index contributed by atoms with van der Waals surface area (Å²) in [6.07, 6.45) is 2.19. The molecule has 2 rings (SSSR count). The van der Waals surface area contributed by atoms with Gasteiger partial charge >= 0.3 is 0 Å². The van der Waals surface area contributed by atoms with Crippen LogP contribution in [0.1, 0.15) is 30.0 Å². The van der Waals surface area contributed by atoms with E-state index in [-0.39, 0.29) is 11.9 Å². The molecular formula is C14H20N2O. The first-order valence-corrected chi connectivity index (χ1v) is 6.23. The van der Waals surface area contributed by atoms with Crippen molar-refractivity contribution < 1.29 is 4.79 Å². The number of carbonyl (C=O) groups excluding carboxylic acids is 1. The summed E-state index contributed by atoms with van der Waals surface area (Å²) < 4.78 is 0. The third-order valence-electron chi connectivity index (χ3n) is 3.33. The summed E-state index contributed by atoms with van der Waals surface area (Å²) in [5, 5.41) is 2.94. The lowest BCUT2D eigenvalue weighted by molar-refractivity contribution is -0.131. The first-order chi connectivity index (χ1) is 8.22. The zero-order valence-corrected chi connectivity index (χ0v) is 10.6. The van der Waals surface area contributed by atoms with Crippen molar-refractivity contribution >= 4 is 5.91 Å². The van der Waals surface area contributed by atoms with E-state index in [0.29, 0.717) is 6.54 Å². The number of likely N-dealkylation sites (N-methyl/N-ethyl adjacent to an activating group) is 1. The van der Waals surface area contributed by atoms with Crippen LogP contribution in [0.3, 0.4) is 0 Å². The van der Waals surface area contributed by atoms with Crippen LogP contribution in [0.25, 0.3) is 0 Å². The van der Waals surface area contributed by atoms with Crippen LogP contribution in [0.5, 0.6) is 0 Å². The minimum atomic E-state index is 0.205. The van der Waals surface area contributed by atoms with Crippen LogP contribution in [0, 0.1) is 6.92 Å². The van der Waals surface area contributed by atoms with Crippen LogP contribution >= 0.6 is 0 Å². The Labute approximate surface area is 103 Å². The number of rotatable bonds is 3. The Hall–Kier alpha value is -1.35. The number of hydrogen-bond acceptors (Lipinski definition) is 2. The third-order valence-corrected chi connectivity index (χ3v) is 3.33. The molecule has 0 bridgehead atoms. The summed E-state index contributed by atoms with van der Waals surface area (Å²) in [6, 6.07) is 8.76. The quantitative estimate of drug-likeness (QED) is 0.863. The fourth-order valence-corrected chi connectivity index (χ4v) is 2.54. The average molecular weight is 232 g/mol. The van der Waals surface area contributed by atoms with Crippen molar-refractivity contribution in [2.24, 2.45) is 0 Å². The summed E-state index contributed by atoms with van der Waals surface area (Å²) in [7, 11) is 1.82. The summed E-state index contributed by atoms with van der Waals surface area (Å²) in [5.74, 6) is 0.205. The number of aryl methyl sites for hydroxylation is 1. The largest absolute Gasteiger partial charge is 0.335 e. The second-order valence-corrected chi connectivity index (χ2v) is 4.69. The van der Waals surface area contributed by atoms with Crippen molar-refractivity contribution in [1.29, 1.82) is 0 Å². The molecule has 1 aromatic carbocycles. The average Bonchev–Trinajstić information content (AvgIpc) is 2.78. The van der Waals surface area contributed by atoms with Crippen molar-refractivity contribution in [2.75, 3.05) is 20.1 Å². The molecule has 17 heavy (non-hydrogen) atoms. The number of nitrogens with one attached hydrogen (secondary N) is 1. The number of amides is 1. The van der Waals surface area contributed by atoms with Crippen molar-refractivity contribution in [3.63, 3.8) is 0 Å². The van der Waals surface area contributed by atoms with Gasteiger partial charge in [0.1, 0.15) is 0 Å². The maximum absolute atomic E-state index is 12.0. The molecule has 0 saturated carbocycles. The zero-order chi connectivity index (χ0) is 12.3. The fourth-order valence-electron chi connectivity index (χ4n) is 2.54. The van der Waals surface area contributed by atoms with Gasteiger partial charge in [-0.05, 0) is 32.4 Å². The van der Waals surface area contributed by atoms with Crippen molar-refractivity contribution in [1.82, 2.24) is 10.2 Å². The Kier molecular flexibility index (Phi) is 3.79. The van der Waals surface area contributed by atoms with E-state index < -0.39 is 0 Å². The number of benzene rings is 1. The maximum Gasteiger partial charge on any atom is 0.237 e. The number of nitrogens with zero attached hydrogens (tertiary/aromatic N) is 1. The van der Waals surface area contributed by atoms with Gasteiger partial charge < -0.3 is 10.2 Å². The third kappa shape index (κ3) is 2.67. The van der Waals surface area contributed by atoms with E-state index in [4.69, 9.17) is 0 Å². The molecule has 92 valence electrons. The van der Waals surface area contributed by atoms with Gasteiger partial charge in [0.15, 0.2) is 0 Å². The van der Waals surface area contributed by atoms with Gasteiger partial charge in [0.2, 0.25) is 5.91 Å². The van der Waals surface area contributed by atoms with E-state index in [0.717, 1.165) is 19.4 Å². The van der Waals surface area contributed by atoms with E-state index in [9.17, 15) is 4.79 Å². The standard InChI is InChI=1S/C14H20N2O/c1-11-5-3-6-12(9-11)13-7-4-8-16(13)14(17)10-15-2/h3,5-6,9,13,15H,4,7-8,10H2,1-2H3. The molecule has 1 unspecified atom stereocenters. The van der Waals surface area contributed by atoms with Crippen molar-refractivity contribution in [3.8, 4) is 0 Å². The van der Waals surface area contributed by atoms with Crippen LogP contribution in [-0.2, 0) is 4.79 Å². The highest BCUT2D eigenvalue weighted by molar-refractivity contribution is 5.79. The van der Waals surface area contributed by atoms with Crippen molar-refractivity contribution in [3.05, 3.63) is 35.4 Å². The Morgan fingerprint density at radius 3 is 3.06 bits per heavy atom. The smallest absolute Gasteiger partial charge is 0.237 e. The molecule has 1 fully saturated rings. The van der Waals surface area contributed by atoms with Crippen molar-refractivity contribution in [2.45, 2.75) is 25.8 Å². The lowest BCUT2D eigenvalue weighted by Gasteiger charge is -2.25. The van der Waals surface area contributed by atoms with Crippen LogP contribution < -0.4 is 5.32 Å². The van der Waals surface area contributed by atoms with E-state index >= 15 is 0 Å². The molecule has 1 aliphatic heterocycles. The highest BCUT2D eigenvalue weighted by Gasteiger charge is 2.29. The van der Waals surface area contributed by atoms with Gasteiger partial charge in [0.25, 0.3) is 0 Å². The molecule has 3 heteroatoms. The maximum atomic E-state index is 12.0. The number of hydrogen-bond donors (Lipinski definition) is 1. The normalized spacial score (nSPS) is 19.6. The van der Waals surface area contributed by atoms with Gasteiger partial charge in [-0.3, -0.25) is 4.79 Å². The van der Waals surface area contributed by atoms with Gasteiger partial charge in [-0.2, -0.15) is 0 Å². The first kappa shape index (κ1) is 12.1. The fraction of sp³-hybridized carbons (Fsp3) is 0.500. The summed E-state index contributed by atoms with van der Waals surface area (Å²) in [6.45, 7) is 3.42. The summed E-state index contributed by atoms with van der Waals surface area (Å²) >= 11 is 0. The molecule has 0 radical (unpaired) electrons. The van der Waals surface area contributed by atoms with E-state index in [1.165, 1.54) is 11.1 Å². The molecule has 1 aliphatic rings. The Bertz CT molecular complexity index is 403. The van der Waals surface area contributed by atoms with Crippen LogP contribution in [0.4, 0.5) is 0 Å². The van der Waals surface area contributed by atoms with E-state index in [2.05, 4.69) is 36.5 Å². The molecule has 0 aliphatic carbocycles. The van der Waals surface area contributed by atoms with Gasteiger partial charge in [0.05, 0.1) is 12.6 Å². The number of likely N-dealkylation sites (tertiary alicyclic amines) is 1. The Balaban J connectivity index is 2.17. The van der Waals surface area contributed by atoms with Crippen LogP contribution in [-0.4, -0.2) is 30.9 Å². The molecule has 1 amide bonds. The van der Waals surface area contributed by atoms with Crippen LogP contribution in [0.15, 0.2) is 24.3 Å². The predicted octanol–water partition coefficient (Wildman–Crippen LogP) is 1.88. The Morgan fingerprint density at radius 1 is 1.53 bits per heavy atom. The second kappa shape index (κ2) is 5.32. The Morgan fingerprint density at radius 2 is 2.35 bits per heavy atom. The molecule has 1 heterocycles. The monoisotopic (exact) mass is 232 g/mol. The molecule has 1 atom stereocenters. The zero-order valence-electron chi connectivity index (χ0n) is 10.6. The minimum absolute atomic E-state index is 0.205. The lowest BCUT2D eigenvalue weighted by Crippen LogP contribution is -2.36. The van der Waals surface area contributed by atoms with Crippen LogP contribution in [0.2, 0.25) is 0 Å². The predicted molar refractivity (Wildman–Crippen MR) is 68.8 cm³/mol. The topological polar surface area (TPSA) is 32.3 Å². The lowest BCUT2D eigenvalue weighted by atomic mass is 10.0. The molecule has 1 saturated heterocycles. The van der Waals surface area contributed by atoms with Gasteiger partial charge in [-0.25, -0.2) is 0 Å². The van der Waals surface area contributed by atoms with E-state index in [1.807, 2.05) is 11.9 Å². The molecular weight excluding hydrogens is 212 g/mol. The summed E-state index contributed by atoms with van der Waals surface area (Å²) in [5.41, 5.74) is 2.53. The van der Waals surface area contributed by atoms with Gasteiger partial charge in [-0.15, -0.1) is 0 Å². The SMILES string of the molecule is CNCC(=O)N1CCCC1c1cccc(C)c1. The van der Waals surface area contributed by atoms with Gasteiger partial charge in [0, 0.05) is 6.54 Å². The second-order valence-electron chi connectivity index (χ2n) is 4.69.